The molecule has 1 aromatic rings. The zero-order valence-electron chi connectivity index (χ0n) is 11.3. The van der Waals surface area contributed by atoms with E-state index in [9.17, 15) is 10.1 Å². The van der Waals surface area contributed by atoms with Gasteiger partial charge in [0, 0.05) is 24.4 Å². The number of nitrogens with zero attached hydrogens (tertiary/aromatic N) is 1. The zero-order chi connectivity index (χ0) is 13.7. The largest absolute Gasteiger partial charge is 0.490 e. The first-order valence-electron chi connectivity index (χ1n) is 6.02. The molecule has 0 spiro atoms. The number of hydrogen-bond acceptors (Lipinski definition) is 4. The van der Waals surface area contributed by atoms with Gasteiger partial charge in [-0.2, -0.15) is 0 Å². The van der Waals surface area contributed by atoms with E-state index in [-0.39, 0.29) is 11.4 Å². The molecule has 0 bridgehead atoms. The van der Waals surface area contributed by atoms with Crippen molar-refractivity contribution < 1.29 is 9.66 Å². The third-order valence-corrected chi connectivity index (χ3v) is 3.14. The second kappa shape index (κ2) is 6.23. The van der Waals surface area contributed by atoms with Crippen LogP contribution in [0.3, 0.4) is 0 Å². The van der Waals surface area contributed by atoms with Crippen LogP contribution in [0.4, 0.5) is 11.4 Å². The molecule has 0 heterocycles. The first-order chi connectivity index (χ1) is 8.45. The Morgan fingerprint density at radius 2 is 2.06 bits per heavy atom. The Hall–Kier alpha value is -1.78. The van der Waals surface area contributed by atoms with E-state index in [4.69, 9.17) is 4.74 Å². The fourth-order valence-corrected chi connectivity index (χ4v) is 1.45. The predicted molar refractivity (Wildman–Crippen MR) is 72.1 cm³/mol. The number of benzene rings is 1. The lowest BCUT2D eigenvalue weighted by atomic mass is 9.98. The van der Waals surface area contributed by atoms with E-state index in [1.165, 1.54) is 13.2 Å². The lowest BCUT2D eigenvalue weighted by Crippen LogP contribution is -2.16. The van der Waals surface area contributed by atoms with Crippen molar-refractivity contribution in [3.8, 4) is 5.75 Å². The van der Waals surface area contributed by atoms with Crippen LogP contribution in [0.5, 0.6) is 5.75 Å². The highest BCUT2D eigenvalue weighted by molar-refractivity contribution is 5.57. The van der Waals surface area contributed by atoms with Gasteiger partial charge in [-0.25, -0.2) is 0 Å². The van der Waals surface area contributed by atoms with Gasteiger partial charge in [0.2, 0.25) is 0 Å². The van der Waals surface area contributed by atoms with Crippen LogP contribution in [-0.2, 0) is 0 Å². The molecule has 5 heteroatoms. The van der Waals surface area contributed by atoms with Gasteiger partial charge >= 0.3 is 5.69 Å². The predicted octanol–water partition coefficient (Wildman–Crippen LogP) is 3.31. The maximum absolute atomic E-state index is 10.8. The van der Waals surface area contributed by atoms with Gasteiger partial charge in [-0.05, 0) is 17.9 Å². The molecule has 1 rings (SSSR count). The van der Waals surface area contributed by atoms with Crippen LogP contribution >= 0.6 is 0 Å². The summed E-state index contributed by atoms with van der Waals surface area (Å²) in [5.41, 5.74) is 0.824. The van der Waals surface area contributed by atoms with Gasteiger partial charge in [0.1, 0.15) is 0 Å². The summed E-state index contributed by atoms with van der Waals surface area (Å²) < 4.78 is 5.02. The van der Waals surface area contributed by atoms with Crippen molar-refractivity contribution >= 4 is 11.4 Å². The van der Waals surface area contributed by atoms with Crippen molar-refractivity contribution in [3.63, 3.8) is 0 Å². The summed E-state index contributed by atoms with van der Waals surface area (Å²) in [7, 11) is 1.43. The normalized spacial score (nSPS) is 12.3. The summed E-state index contributed by atoms with van der Waals surface area (Å²) in [5.74, 6) is 1.41. The number of methoxy groups -OCH3 is 1. The van der Waals surface area contributed by atoms with E-state index in [2.05, 4.69) is 26.1 Å². The summed E-state index contributed by atoms with van der Waals surface area (Å²) in [6.07, 6.45) is 0. The molecule has 0 aliphatic heterocycles. The van der Waals surface area contributed by atoms with Gasteiger partial charge in [0.15, 0.2) is 5.75 Å². The van der Waals surface area contributed by atoms with Gasteiger partial charge in [0.25, 0.3) is 0 Å². The molecule has 0 saturated heterocycles. The third-order valence-electron chi connectivity index (χ3n) is 3.14. The Kier molecular flexibility index (Phi) is 4.95. The lowest BCUT2D eigenvalue weighted by Gasteiger charge is -2.17. The highest BCUT2D eigenvalue weighted by atomic mass is 16.6. The van der Waals surface area contributed by atoms with E-state index < -0.39 is 4.92 Å². The molecule has 1 aromatic carbocycles. The van der Waals surface area contributed by atoms with Gasteiger partial charge in [-0.1, -0.05) is 20.8 Å². The Morgan fingerprint density at radius 1 is 1.39 bits per heavy atom. The Bertz CT molecular complexity index is 419. The lowest BCUT2D eigenvalue weighted by molar-refractivity contribution is -0.385. The van der Waals surface area contributed by atoms with Crippen molar-refractivity contribution in [1.82, 2.24) is 0 Å². The van der Waals surface area contributed by atoms with E-state index in [0.29, 0.717) is 11.8 Å². The summed E-state index contributed by atoms with van der Waals surface area (Å²) in [4.78, 5) is 10.3. The van der Waals surface area contributed by atoms with Crippen molar-refractivity contribution in [2.75, 3.05) is 19.0 Å². The third kappa shape index (κ3) is 3.61. The van der Waals surface area contributed by atoms with Crippen LogP contribution in [0.25, 0.3) is 0 Å². The fourth-order valence-electron chi connectivity index (χ4n) is 1.45. The van der Waals surface area contributed by atoms with Crippen molar-refractivity contribution in [2.24, 2.45) is 11.8 Å². The monoisotopic (exact) mass is 252 g/mol. The minimum atomic E-state index is -0.445. The number of hydrogen-bond donors (Lipinski definition) is 1. The Labute approximate surface area is 107 Å². The molecular weight excluding hydrogens is 232 g/mol. The van der Waals surface area contributed by atoms with E-state index in [1.54, 1.807) is 12.1 Å². The molecule has 0 radical (unpaired) electrons. The number of nitro benzene ring substituents is 1. The molecule has 0 aliphatic rings. The topological polar surface area (TPSA) is 64.4 Å². The van der Waals surface area contributed by atoms with Crippen LogP contribution in [0, 0.1) is 22.0 Å². The second-order valence-electron chi connectivity index (χ2n) is 4.75. The quantitative estimate of drug-likeness (QED) is 0.623. The van der Waals surface area contributed by atoms with E-state index in [0.717, 1.165) is 12.2 Å². The van der Waals surface area contributed by atoms with Crippen LogP contribution in [0.2, 0.25) is 0 Å². The highest BCUT2D eigenvalue weighted by Gasteiger charge is 2.15. The maximum atomic E-state index is 10.8. The van der Waals surface area contributed by atoms with Gasteiger partial charge in [-0.15, -0.1) is 0 Å². The van der Waals surface area contributed by atoms with Crippen LogP contribution in [0.15, 0.2) is 18.2 Å². The molecule has 0 amide bonds. The molecule has 0 aromatic heterocycles. The smallest absolute Gasteiger partial charge is 0.311 e. The summed E-state index contributed by atoms with van der Waals surface area (Å²) in [6.45, 7) is 7.34. The first kappa shape index (κ1) is 14.3. The van der Waals surface area contributed by atoms with E-state index >= 15 is 0 Å². The van der Waals surface area contributed by atoms with Gasteiger partial charge in [0.05, 0.1) is 12.0 Å². The van der Waals surface area contributed by atoms with Crippen LogP contribution in [-0.4, -0.2) is 18.6 Å². The Balaban J connectivity index is 2.77. The van der Waals surface area contributed by atoms with Crippen LogP contribution < -0.4 is 10.1 Å². The molecule has 1 unspecified atom stereocenters. The summed E-state index contributed by atoms with van der Waals surface area (Å²) >= 11 is 0. The average molecular weight is 252 g/mol. The molecule has 1 atom stereocenters. The SMILES string of the molecule is COc1cc(NCC(C)C(C)C)ccc1[N+](=O)[O-]. The maximum Gasteiger partial charge on any atom is 0.311 e. The van der Waals surface area contributed by atoms with Crippen molar-refractivity contribution in [3.05, 3.63) is 28.3 Å². The highest BCUT2D eigenvalue weighted by Crippen LogP contribution is 2.29. The molecular formula is C13H20N2O3. The minimum Gasteiger partial charge on any atom is -0.490 e. The molecule has 0 fully saturated rings. The molecule has 0 saturated carbocycles. The number of ether oxygens (including phenoxy) is 1. The van der Waals surface area contributed by atoms with Crippen molar-refractivity contribution in [2.45, 2.75) is 20.8 Å². The fraction of sp³-hybridized carbons (Fsp3) is 0.538. The summed E-state index contributed by atoms with van der Waals surface area (Å²) in [5, 5.41) is 14.0. The second-order valence-corrected chi connectivity index (χ2v) is 4.75. The number of nitro groups is 1. The van der Waals surface area contributed by atoms with Gasteiger partial charge < -0.3 is 10.1 Å². The standard InChI is InChI=1S/C13H20N2O3/c1-9(2)10(3)8-14-11-5-6-12(15(16)17)13(7-11)18-4/h5-7,9-10,14H,8H2,1-4H3. The van der Waals surface area contributed by atoms with Gasteiger partial charge in [-0.3, -0.25) is 10.1 Å². The minimum absolute atomic E-state index is 0.0139. The summed E-state index contributed by atoms with van der Waals surface area (Å²) in [6, 6.07) is 4.82. The molecule has 0 aliphatic carbocycles. The molecule has 1 N–H and O–H groups in total. The first-order valence-corrected chi connectivity index (χ1v) is 6.02. The van der Waals surface area contributed by atoms with Crippen molar-refractivity contribution in [1.29, 1.82) is 0 Å². The number of anilines is 1. The molecule has 5 nitrogen and oxygen atoms in total. The zero-order valence-corrected chi connectivity index (χ0v) is 11.3. The molecule has 100 valence electrons. The average Bonchev–Trinajstić information content (AvgIpc) is 2.34. The molecule has 18 heavy (non-hydrogen) atoms. The Morgan fingerprint density at radius 3 is 2.56 bits per heavy atom. The number of nitrogens with one attached hydrogen (secondary N) is 1. The number of rotatable bonds is 6. The van der Waals surface area contributed by atoms with Crippen LogP contribution in [0.1, 0.15) is 20.8 Å². The van der Waals surface area contributed by atoms with E-state index in [1.807, 2.05) is 0 Å².